The number of fused-ring (bicyclic) bond motifs is 1. The lowest BCUT2D eigenvalue weighted by molar-refractivity contribution is -0.123. The number of anilines is 1. The first-order chi connectivity index (χ1) is 13.4. The largest absolute Gasteiger partial charge is 0.309 e. The predicted octanol–water partition coefficient (Wildman–Crippen LogP) is 3.83. The van der Waals surface area contributed by atoms with E-state index in [1.165, 1.54) is 4.31 Å². The molecule has 5 nitrogen and oxygen atoms in total. The number of rotatable bonds is 3. The van der Waals surface area contributed by atoms with Gasteiger partial charge < -0.3 is 4.90 Å². The van der Waals surface area contributed by atoms with Crippen LogP contribution in [0.25, 0.3) is 0 Å². The summed E-state index contributed by atoms with van der Waals surface area (Å²) >= 11 is 3.49. The molecule has 4 rings (SSSR count). The Morgan fingerprint density at radius 1 is 1.14 bits per heavy atom. The molecule has 28 heavy (non-hydrogen) atoms. The van der Waals surface area contributed by atoms with Crippen molar-refractivity contribution in [3.8, 4) is 0 Å². The minimum Gasteiger partial charge on any atom is -0.309 e. The lowest BCUT2D eigenvalue weighted by Gasteiger charge is -2.34. The Morgan fingerprint density at radius 2 is 1.89 bits per heavy atom. The van der Waals surface area contributed by atoms with E-state index in [1.807, 2.05) is 24.0 Å². The maximum Gasteiger partial charge on any atom is 0.243 e. The van der Waals surface area contributed by atoms with Gasteiger partial charge >= 0.3 is 0 Å². The fourth-order valence-electron chi connectivity index (χ4n) is 4.24. The molecule has 1 saturated heterocycles. The third kappa shape index (κ3) is 3.51. The molecule has 0 radical (unpaired) electrons. The molecule has 2 aromatic rings. The number of sulfonamides is 1. The molecule has 1 fully saturated rings. The van der Waals surface area contributed by atoms with Crippen molar-refractivity contribution in [2.75, 3.05) is 18.0 Å². The molecule has 1 amide bonds. The highest BCUT2D eigenvalue weighted by Gasteiger charge is 2.39. The molecular weight excluding hydrogens is 440 g/mol. The fourth-order valence-corrected chi connectivity index (χ4v) is 6.19. The van der Waals surface area contributed by atoms with Crippen molar-refractivity contribution in [1.29, 1.82) is 0 Å². The zero-order valence-corrected chi connectivity index (χ0v) is 18.1. The summed E-state index contributed by atoms with van der Waals surface area (Å²) in [6, 6.07) is 14.5. The Bertz CT molecular complexity index is 994. The minimum atomic E-state index is -3.58. The molecule has 0 aliphatic carbocycles. The van der Waals surface area contributed by atoms with Crippen LogP contribution in [-0.2, 0) is 21.2 Å². The first kappa shape index (κ1) is 19.6. The number of carbonyl (C=O) groups excluding carboxylic acids is 1. The molecule has 2 aliphatic rings. The summed E-state index contributed by atoms with van der Waals surface area (Å²) in [6.07, 6.45) is 2.23. The Labute approximate surface area is 174 Å². The third-order valence-corrected chi connectivity index (χ3v) is 7.98. The molecule has 0 aromatic heterocycles. The zero-order valence-electron chi connectivity index (χ0n) is 15.7. The number of piperidine rings is 1. The van der Waals surface area contributed by atoms with Crippen molar-refractivity contribution >= 4 is 37.5 Å². The summed E-state index contributed by atoms with van der Waals surface area (Å²) in [5.41, 5.74) is 2.10. The second-order valence-corrected chi connectivity index (χ2v) is 10.4. The second-order valence-electron chi connectivity index (χ2n) is 7.55. The SMILES string of the molecule is C[C@@H]1Cc2cc(Br)ccc2N1C(=O)[C@@H]1CCCN(S(=O)(=O)c2ccccc2)C1. The van der Waals surface area contributed by atoms with Gasteiger partial charge in [-0.15, -0.1) is 0 Å². The van der Waals surface area contributed by atoms with Gasteiger partial charge in [0.2, 0.25) is 15.9 Å². The van der Waals surface area contributed by atoms with Gasteiger partial charge in [-0.05, 0) is 62.1 Å². The lowest BCUT2D eigenvalue weighted by Crippen LogP contribution is -2.48. The lowest BCUT2D eigenvalue weighted by atomic mass is 9.97. The number of halogens is 1. The van der Waals surface area contributed by atoms with Crippen LogP contribution >= 0.6 is 15.9 Å². The Hall–Kier alpha value is -1.70. The number of hydrogen-bond acceptors (Lipinski definition) is 3. The molecule has 0 saturated carbocycles. The van der Waals surface area contributed by atoms with Crippen LogP contribution in [0.15, 0.2) is 57.9 Å². The zero-order chi connectivity index (χ0) is 19.9. The van der Waals surface area contributed by atoms with E-state index < -0.39 is 10.0 Å². The highest BCUT2D eigenvalue weighted by atomic mass is 79.9. The van der Waals surface area contributed by atoms with Crippen LogP contribution in [-0.4, -0.2) is 37.8 Å². The van der Waals surface area contributed by atoms with Gasteiger partial charge in [-0.1, -0.05) is 34.1 Å². The Morgan fingerprint density at radius 3 is 2.64 bits per heavy atom. The minimum absolute atomic E-state index is 0.0292. The van der Waals surface area contributed by atoms with Crippen molar-refractivity contribution in [1.82, 2.24) is 4.31 Å². The number of benzene rings is 2. The van der Waals surface area contributed by atoms with Crippen LogP contribution in [0.4, 0.5) is 5.69 Å². The average molecular weight is 463 g/mol. The van der Waals surface area contributed by atoms with E-state index in [4.69, 9.17) is 0 Å². The summed E-state index contributed by atoms with van der Waals surface area (Å²) < 4.78 is 28.4. The van der Waals surface area contributed by atoms with E-state index in [-0.39, 0.29) is 29.3 Å². The number of nitrogens with zero attached hydrogens (tertiary/aromatic N) is 2. The van der Waals surface area contributed by atoms with Gasteiger partial charge in [-0.25, -0.2) is 8.42 Å². The molecule has 0 bridgehead atoms. The average Bonchev–Trinajstić information content (AvgIpc) is 3.03. The highest BCUT2D eigenvalue weighted by Crippen LogP contribution is 2.36. The highest BCUT2D eigenvalue weighted by molar-refractivity contribution is 9.10. The molecule has 0 spiro atoms. The van der Waals surface area contributed by atoms with E-state index in [2.05, 4.69) is 22.0 Å². The van der Waals surface area contributed by atoms with Crippen LogP contribution in [0.3, 0.4) is 0 Å². The molecule has 7 heteroatoms. The number of hydrogen-bond donors (Lipinski definition) is 0. The normalized spacial score (nSPS) is 22.9. The number of carbonyl (C=O) groups is 1. The van der Waals surface area contributed by atoms with Crippen LogP contribution in [0.2, 0.25) is 0 Å². The summed E-state index contributed by atoms with van der Waals surface area (Å²) in [5, 5.41) is 0. The topological polar surface area (TPSA) is 57.7 Å². The number of amides is 1. The van der Waals surface area contributed by atoms with Crippen LogP contribution in [0.5, 0.6) is 0 Å². The first-order valence-electron chi connectivity index (χ1n) is 9.54. The van der Waals surface area contributed by atoms with Crippen molar-refractivity contribution in [2.45, 2.75) is 37.1 Å². The Balaban J connectivity index is 1.57. The smallest absolute Gasteiger partial charge is 0.243 e. The monoisotopic (exact) mass is 462 g/mol. The van der Waals surface area contributed by atoms with E-state index in [0.717, 1.165) is 22.1 Å². The van der Waals surface area contributed by atoms with Gasteiger partial charge in [0.15, 0.2) is 0 Å². The third-order valence-electron chi connectivity index (χ3n) is 5.61. The van der Waals surface area contributed by atoms with Crippen LogP contribution in [0.1, 0.15) is 25.3 Å². The van der Waals surface area contributed by atoms with Crippen molar-refractivity contribution in [3.05, 3.63) is 58.6 Å². The van der Waals surface area contributed by atoms with Crippen molar-refractivity contribution in [3.63, 3.8) is 0 Å². The summed E-state index contributed by atoms with van der Waals surface area (Å²) in [4.78, 5) is 15.5. The molecule has 2 aromatic carbocycles. The van der Waals surface area contributed by atoms with Crippen LogP contribution in [0, 0.1) is 5.92 Å². The second kappa shape index (κ2) is 7.61. The quantitative estimate of drug-likeness (QED) is 0.696. The molecule has 0 unspecified atom stereocenters. The predicted molar refractivity (Wildman–Crippen MR) is 113 cm³/mol. The van der Waals surface area contributed by atoms with Gasteiger partial charge in [0.25, 0.3) is 0 Å². The van der Waals surface area contributed by atoms with Crippen molar-refractivity contribution < 1.29 is 13.2 Å². The first-order valence-corrected chi connectivity index (χ1v) is 11.8. The molecule has 2 aliphatic heterocycles. The van der Waals surface area contributed by atoms with Gasteiger partial charge in [0.1, 0.15) is 0 Å². The standard InChI is InChI=1S/C21H23BrN2O3S/c1-15-12-17-13-18(22)9-10-20(17)24(15)21(25)16-6-5-11-23(14-16)28(26,27)19-7-3-2-4-8-19/h2-4,7-10,13,15-16H,5-6,11-12,14H2,1H3/t15-,16-/m1/s1. The molecule has 2 atom stereocenters. The van der Waals surface area contributed by atoms with Crippen molar-refractivity contribution in [2.24, 2.45) is 5.92 Å². The molecule has 0 N–H and O–H groups in total. The van der Waals surface area contributed by atoms with Gasteiger partial charge in [0.05, 0.1) is 10.8 Å². The summed E-state index contributed by atoms with van der Waals surface area (Å²) in [7, 11) is -3.58. The van der Waals surface area contributed by atoms with E-state index in [0.29, 0.717) is 19.4 Å². The maximum atomic E-state index is 13.4. The Kier molecular flexibility index (Phi) is 5.33. The van der Waals surface area contributed by atoms with Gasteiger partial charge in [-0.2, -0.15) is 4.31 Å². The molecule has 148 valence electrons. The van der Waals surface area contributed by atoms with E-state index in [9.17, 15) is 13.2 Å². The van der Waals surface area contributed by atoms with Gasteiger partial charge in [-0.3, -0.25) is 4.79 Å². The fraction of sp³-hybridized carbons (Fsp3) is 0.381. The summed E-state index contributed by atoms with van der Waals surface area (Å²) in [6.45, 7) is 2.75. The van der Waals surface area contributed by atoms with E-state index >= 15 is 0 Å². The van der Waals surface area contributed by atoms with Crippen LogP contribution < -0.4 is 4.90 Å². The molecular formula is C21H23BrN2O3S. The molecule has 2 heterocycles. The maximum absolute atomic E-state index is 13.4. The summed E-state index contributed by atoms with van der Waals surface area (Å²) in [5.74, 6) is -0.286. The van der Waals surface area contributed by atoms with Gasteiger partial charge in [0, 0.05) is 29.3 Å². The van der Waals surface area contributed by atoms with E-state index in [1.54, 1.807) is 30.3 Å².